The molecule has 1 aliphatic rings. The molecule has 0 saturated heterocycles. The largest absolute Gasteiger partial charge is 0.326 e. The van der Waals surface area contributed by atoms with Crippen molar-refractivity contribution in [2.24, 2.45) is 0 Å². The van der Waals surface area contributed by atoms with Gasteiger partial charge in [0.1, 0.15) is 0 Å². The van der Waals surface area contributed by atoms with E-state index in [1.165, 1.54) is 10.4 Å². The van der Waals surface area contributed by atoms with Crippen LogP contribution in [-0.2, 0) is 21.2 Å². The van der Waals surface area contributed by atoms with Crippen LogP contribution in [0.1, 0.15) is 5.56 Å². The van der Waals surface area contributed by atoms with Crippen molar-refractivity contribution in [1.82, 2.24) is 9.21 Å². The van der Waals surface area contributed by atoms with Crippen LogP contribution in [0.3, 0.4) is 0 Å². The third-order valence-corrected chi connectivity index (χ3v) is 5.12. The lowest BCUT2D eigenvalue weighted by molar-refractivity contribution is -0.115. The summed E-state index contributed by atoms with van der Waals surface area (Å²) < 4.78 is 26.2. The Balaban J connectivity index is 2.22. The normalized spacial score (nSPS) is 14.8. The van der Waals surface area contributed by atoms with E-state index in [0.29, 0.717) is 18.8 Å². The number of sulfonamides is 1. The molecule has 1 aromatic carbocycles. The fraction of sp³-hybridized carbons (Fsp3) is 0.462. The number of carbonyl (C=O) groups excluding carboxylic acids is 1. The molecule has 0 aromatic heterocycles. The second-order valence-electron chi connectivity index (χ2n) is 5.17. The molecule has 0 fully saturated rings. The molecule has 1 aliphatic heterocycles. The fourth-order valence-electron chi connectivity index (χ4n) is 2.01. The standard InChI is InChI=1S/C13H19N3O3S/c1-15(2)6-7-16(3)20(18,19)11-4-5-12-10(8-11)9-13(17)14-12/h4-5,8H,6-7,9H2,1-3H3,(H,14,17). The number of amides is 1. The van der Waals surface area contributed by atoms with Crippen LogP contribution in [0.15, 0.2) is 23.1 Å². The average molecular weight is 297 g/mol. The number of hydrogen-bond acceptors (Lipinski definition) is 4. The molecule has 0 aliphatic carbocycles. The molecule has 1 amide bonds. The molecule has 0 radical (unpaired) electrons. The third kappa shape index (κ3) is 3.00. The highest BCUT2D eigenvalue weighted by atomic mass is 32.2. The lowest BCUT2D eigenvalue weighted by Gasteiger charge is -2.19. The van der Waals surface area contributed by atoms with E-state index < -0.39 is 10.0 Å². The maximum atomic E-state index is 12.4. The van der Waals surface area contributed by atoms with Crippen molar-refractivity contribution in [3.8, 4) is 0 Å². The molecule has 1 aromatic rings. The number of nitrogens with one attached hydrogen (secondary N) is 1. The first-order valence-electron chi connectivity index (χ1n) is 6.34. The quantitative estimate of drug-likeness (QED) is 0.852. The first-order chi connectivity index (χ1) is 9.30. The first kappa shape index (κ1) is 15.0. The third-order valence-electron chi connectivity index (χ3n) is 3.27. The molecule has 0 bridgehead atoms. The van der Waals surface area contributed by atoms with Crippen molar-refractivity contribution in [2.45, 2.75) is 11.3 Å². The van der Waals surface area contributed by atoms with Gasteiger partial charge in [-0.1, -0.05) is 0 Å². The van der Waals surface area contributed by atoms with Gasteiger partial charge in [-0.25, -0.2) is 8.42 Å². The summed E-state index contributed by atoms with van der Waals surface area (Å²) >= 11 is 0. The molecule has 0 atom stereocenters. The minimum Gasteiger partial charge on any atom is -0.326 e. The maximum Gasteiger partial charge on any atom is 0.242 e. The number of anilines is 1. The summed E-state index contributed by atoms with van der Waals surface area (Å²) in [5.41, 5.74) is 1.43. The van der Waals surface area contributed by atoms with Crippen molar-refractivity contribution >= 4 is 21.6 Å². The van der Waals surface area contributed by atoms with Gasteiger partial charge in [-0.3, -0.25) is 4.79 Å². The summed E-state index contributed by atoms with van der Waals surface area (Å²) in [6.07, 6.45) is 0.236. The van der Waals surface area contributed by atoms with E-state index in [0.717, 1.165) is 5.56 Å². The zero-order valence-corrected chi connectivity index (χ0v) is 12.7. The van der Waals surface area contributed by atoms with Crippen LogP contribution in [0.5, 0.6) is 0 Å². The van der Waals surface area contributed by atoms with E-state index in [-0.39, 0.29) is 17.2 Å². The van der Waals surface area contributed by atoms with E-state index in [4.69, 9.17) is 0 Å². The van der Waals surface area contributed by atoms with Gasteiger partial charge in [-0.15, -0.1) is 0 Å². The Morgan fingerprint density at radius 1 is 1.20 bits per heavy atom. The molecule has 6 nitrogen and oxygen atoms in total. The average Bonchev–Trinajstić information content (AvgIpc) is 2.74. The van der Waals surface area contributed by atoms with Crippen molar-refractivity contribution in [2.75, 3.05) is 39.5 Å². The Bertz CT molecular complexity index is 626. The molecule has 20 heavy (non-hydrogen) atoms. The summed E-state index contributed by atoms with van der Waals surface area (Å²) in [5.74, 6) is -0.101. The second-order valence-corrected chi connectivity index (χ2v) is 7.22. The van der Waals surface area contributed by atoms with Gasteiger partial charge in [0.15, 0.2) is 0 Å². The lowest BCUT2D eigenvalue weighted by atomic mass is 10.2. The predicted octanol–water partition coefficient (Wildman–Crippen LogP) is 0.363. The van der Waals surface area contributed by atoms with Crippen LogP contribution < -0.4 is 5.32 Å². The molecular weight excluding hydrogens is 278 g/mol. The first-order valence-corrected chi connectivity index (χ1v) is 7.78. The summed E-state index contributed by atoms with van der Waals surface area (Å²) in [7, 11) is 1.85. The Morgan fingerprint density at radius 3 is 2.55 bits per heavy atom. The Kier molecular flexibility index (Phi) is 4.12. The summed E-state index contributed by atoms with van der Waals surface area (Å²) in [6.45, 7) is 1.07. The van der Waals surface area contributed by atoms with Crippen LogP contribution in [-0.4, -0.2) is 57.8 Å². The monoisotopic (exact) mass is 297 g/mol. The van der Waals surface area contributed by atoms with Crippen molar-refractivity contribution in [3.05, 3.63) is 23.8 Å². The fourth-order valence-corrected chi connectivity index (χ4v) is 3.22. The van der Waals surface area contributed by atoms with Gasteiger partial charge < -0.3 is 10.2 Å². The number of benzene rings is 1. The Morgan fingerprint density at radius 2 is 1.90 bits per heavy atom. The zero-order chi connectivity index (χ0) is 14.9. The van der Waals surface area contributed by atoms with Crippen molar-refractivity contribution < 1.29 is 13.2 Å². The zero-order valence-electron chi connectivity index (χ0n) is 11.9. The summed E-state index contributed by atoms with van der Waals surface area (Å²) in [6, 6.07) is 4.76. The molecule has 1 N–H and O–H groups in total. The van der Waals surface area contributed by atoms with Gasteiger partial charge in [-0.2, -0.15) is 4.31 Å². The van der Waals surface area contributed by atoms with Gasteiger partial charge in [0.2, 0.25) is 15.9 Å². The number of likely N-dealkylation sites (N-methyl/N-ethyl adjacent to an activating group) is 2. The minimum absolute atomic E-state index is 0.101. The van der Waals surface area contributed by atoms with E-state index in [1.807, 2.05) is 19.0 Å². The van der Waals surface area contributed by atoms with Crippen LogP contribution in [0.25, 0.3) is 0 Å². The van der Waals surface area contributed by atoms with Gasteiger partial charge >= 0.3 is 0 Å². The van der Waals surface area contributed by atoms with Crippen LogP contribution >= 0.6 is 0 Å². The van der Waals surface area contributed by atoms with Gasteiger partial charge in [0.25, 0.3) is 0 Å². The minimum atomic E-state index is -3.51. The SMILES string of the molecule is CN(C)CCN(C)S(=O)(=O)c1ccc2c(c1)CC(=O)N2. The maximum absolute atomic E-state index is 12.4. The summed E-state index contributed by atoms with van der Waals surface area (Å²) in [5, 5.41) is 2.69. The number of nitrogens with zero attached hydrogens (tertiary/aromatic N) is 2. The van der Waals surface area contributed by atoms with Crippen molar-refractivity contribution in [3.63, 3.8) is 0 Å². The Labute approximate surface area is 119 Å². The molecule has 7 heteroatoms. The highest BCUT2D eigenvalue weighted by Gasteiger charge is 2.24. The number of carbonyl (C=O) groups is 1. The van der Waals surface area contributed by atoms with E-state index in [9.17, 15) is 13.2 Å². The van der Waals surface area contributed by atoms with E-state index in [1.54, 1.807) is 19.2 Å². The van der Waals surface area contributed by atoms with Crippen molar-refractivity contribution in [1.29, 1.82) is 0 Å². The predicted molar refractivity (Wildman–Crippen MR) is 77.1 cm³/mol. The topological polar surface area (TPSA) is 69.7 Å². The molecule has 110 valence electrons. The van der Waals surface area contributed by atoms with E-state index in [2.05, 4.69) is 5.32 Å². The number of fused-ring (bicyclic) bond motifs is 1. The number of rotatable bonds is 5. The number of hydrogen-bond donors (Lipinski definition) is 1. The molecule has 0 unspecified atom stereocenters. The van der Waals surface area contributed by atoms with Gasteiger partial charge in [-0.05, 0) is 37.9 Å². The van der Waals surface area contributed by atoms with Crippen LogP contribution in [0, 0.1) is 0 Å². The molecule has 2 rings (SSSR count). The lowest BCUT2D eigenvalue weighted by Crippen LogP contribution is -2.33. The van der Waals surface area contributed by atoms with Crippen LogP contribution in [0.2, 0.25) is 0 Å². The molecular formula is C13H19N3O3S. The van der Waals surface area contributed by atoms with E-state index >= 15 is 0 Å². The highest BCUT2D eigenvalue weighted by molar-refractivity contribution is 7.89. The highest BCUT2D eigenvalue weighted by Crippen LogP contribution is 2.26. The summed E-state index contributed by atoms with van der Waals surface area (Å²) in [4.78, 5) is 13.5. The Hall–Kier alpha value is -1.44. The second kappa shape index (κ2) is 5.51. The van der Waals surface area contributed by atoms with Crippen LogP contribution in [0.4, 0.5) is 5.69 Å². The molecule has 1 heterocycles. The molecule has 0 saturated carbocycles. The van der Waals surface area contributed by atoms with Gasteiger partial charge in [0, 0.05) is 25.8 Å². The van der Waals surface area contributed by atoms with Gasteiger partial charge in [0.05, 0.1) is 11.3 Å². The smallest absolute Gasteiger partial charge is 0.242 e. The molecule has 0 spiro atoms.